The third-order valence-corrected chi connectivity index (χ3v) is 6.25. The van der Waals surface area contributed by atoms with Crippen molar-refractivity contribution in [1.82, 2.24) is 4.31 Å². The van der Waals surface area contributed by atoms with Gasteiger partial charge in [-0.05, 0) is 52.2 Å². The van der Waals surface area contributed by atoms with Gasteiger partial charge in [0.05, 0.1) is 24.3 Å². The van der Waals surface area contributed by atoms with Crippen LogP contribution in [-0.2, 0) is 23.2 Å². The maximum atomic E-state index is 12.7. The van der Waals surface area contributed by atoms with Gasteiger partial charge in [-0.25, -0.2) is 8.42 Å². The molecule has 114 valence electrons. The molecule has 0 atom stereocenters. The summed E-state index contributed by atoms with van der Waals surface area (Å²) < 4.78 is 32.2. The second-order valence-electron chi connectivity index (χ2n) is 4.72. The second kappa shape index (κ2) is 6.31. The molecule has 7 heteroatoms. The van der Waals surface area contributed by atoms with Crippen molar-refractivity contribution in [3.05, 3.63) is 51.9 Å². The molecule has 0 radical (unpaired) electrons. The Kier molecular flexibility index (Phi) is 4.88. The monoisotopic (exact) mass is 373 g/mol. The van der Waals surface area contributed by atoms with Crippen LogP contribution in [0.4, 0.5) is 0 Å². The zero-order valence-corrected chi connectivity index (χ0v) is 14.1. The first kappa shape index (κ1) is 16.2. The molecule has 1 N–H and O–H groups in total. The van der Waals surface area contributed by atoms with Gasteiger partial charge in [0, 0.05) is 11.5 Å². The van der Waals surface area contributed by atoms with E-state index in [1.807, 2.05) is 0 Å². The minimum absolute atomic E-state index is 0.139. The van der Waals surface area contributed by atoms with Gasteiger partial charge in [-0.1, -0.05) is 6.07 Å². The molecule has 0 aliphatic carbocycles. The highest BCUT2D eigenvalue weighted by Gasteiger charge is 2.25. The number of halogens is 1. The predicted octanol–water partition coefficient (Wildman–Crippen LogP) is 2.66. The average Bonchev–Trinajstić information content (AvgIpc) is 2.94. The molecule has 1 heterocycles. The van der Waals surface area contributed by atoms with Crippen LogP contribution < -0.4 is 0 Å². The van der Waals surface area contributed by atoms with E-state index in [0.29, 0.717) is 15.8 Å². The van der Waals surface area contributed by atoms with Gasteiger partial charge in [-0.2, -0.15) is 4.31 Å². The maximum absolute atomic E-state index is 12.7. The SMILES string of the molecule is Cc1cc(CO)cc(S(=O)(=O)N(C)Cc2ccco2)c1Br. The molecule has 0 bridgehead atoms. The van der Waals surface area contributed by atoms with E-state index < -0.39 is 10.0 Å². The molecule has 0 aliphatic rings. The first-order chi connectivity index (χ1) is 9.86. The minimum Gasteiger partial charge on any atom is -0.468 e. The molecule has 0 saturated heterocycles. The van der Waals surface area contributed by atoms with Crippen LogP contribution in [0.1, 0.15) is 16.9 Å². The standard InChI is InChI=1S/C14H16BrNO4S/c1-10-6-11(9-17)7-13(14(10)15)21(18,19)16(2)8-12-4-3-5-20-12/h3-7,17H,8-9H2,1-2H3. The largest absolute Gasteiger partial charge is 0.468 e. The summed E-state index contributed by atoms with van der Waals surface area (Å²) in [6.45, 7) is 1.72. The highest BCUT2D eigenvalue weighted by molar-refractivity contribution is 9.10. The molecule has 1 aromatic heterocycles. The molecule has 1 aromatic carbocycles. The predicted molar refractivity (Wildman–Crippen MR) is 82.2 cm³/mol. The number of aliphatic hydroxyl groups is 1. The zero-order valence-electron chi connectivity index (χ0n) is 11.7. The van der Waals surface area contributed by atoms with Crippen LogP contribution in [0.25, 0.3) is 0 Å². The summed E-state index contributed by atoms with van der Waals surface area (Å²) >= 11 is 3.31. The van der Waals surface area contributed by atoms with Crippen LogP contribution in [0.2, 0.25) is 0 Å². The van der Waals surface area contributed by atoms with Crippen molar-refractivity contribution < 1.29 is 17.9 Å². The van der Waals surface area contributed by atoms with Crippen LogP contribution in [0.3, 0.4) is 0 Å². The lowest BCUT2D eigenvalue weighted by Crippen LogP contribution is -2.27. The van der Waals surface area contributed by atoms with Crippen molar-refractivity contribution in [3.8, 4) is 0 Å². The minimum atomic E-state index is -3.69. The lowest BCUT2D eigenvalue weighted by atomic mass is 10.1. The highest BCUT2D eigenvalue weighted by atomic mass is 79.9. The van der Waals surface area contributed by atoms with E-state index in [1.165, 1.54) is 23.7 Å². The summed E-state index contributed by atoms with van der Waals surface area (Å²) in [4.78, 5) is 0.139. The summed E-state index contributed by atoms with van der Waals surface area (Å²) in [5.74, 6) is 0.562. The Hall–Kier alpha value is -1.15. The first-order valence-electron chi connectivity index (χ1n) is 6.25. The molecule has 2 rings (SSSR count). The van der Waals surface area contributed by atoms with E-state index in [1.54, 1.807) is 25.1 Å². The third kappa shape index (κ3) is 3.37. The molecule has 0 fully saturated rings. The molecule has 0 saturated carbocycles. The normalized spacial score (nSPS) is 12.0. The van der Waals surface area contributed by atoms with Gasteiger partial charge < -0.3 is 9.52 Å². The van der Waals surface area contributed by atoms with E-state index in [2.05, 4.69) is 15.9 Å². The van der Waals surface area contributed by atoms with Crippen LogP contribution >= 0.6 is 15.9 Å². The molecule has 2 aromatic rings. The summed E-state index contributed by atoms with van der Waals surface area (Å²) in [7, 11) is -2.19. The summed E-state index contributed by atoms with van der Waals surface area (Å²) in [6, 6.07) is 6.65. The van der Waals surface area contributed by atoms with E-state index in [9.17, 15) is 13.5 Å². The lowest BCUT2D eigenvalue weighted by Gasteiger charge is -2.18. The van der Waals surface area contributed by atoms with Crippen LogP contribution in [-0.4, -0.2) is 24.9 Å². The summed E-state index contributed by atoms with van der Waals surface area (Å²) in [5, 5.41) is 9.25. The first-order valence-corrected chi connectivity index (χ1v) is 8.48. The Bertz CT molecular complexity index is 726. The number of benzene rings is 1. The quantitative estimate of drug-likeness (QED) is 0.874. The number of nitrogens with zero attached hydrogens (tertiary/aromatic N) is 1. The van der Waals surface area contributed by atoms with Crippen LogP contribution in [0.5, 0.6) is 0 Å². The molecular formula is C14H16BrNO4S. The number of sulfonamides is 1. The lowest BCUT2D eigenvalue weighted by molar-refractivity contribution is 0.281. The van der Waals surface area contributed by atoms with Crippen molar-refractivity contribution in [1.29, 1.82) is 0 Å². The van der Waals surface area contributed by atoms with Crippen LogP contribution in [0.15, 0.2) is 44.3 Å². The van der Waals surface area contributed by atoms with Gasteiger partial charge >= 0.3 is 0 Å². The Morgan fingerprint density at radius 1 is 1.38 bits per heavy atom. The second-order valence-corrected chi connectivity index (χ2v) is 7.53. The van der Waals surface area contributed by atoms with Gasteiger partial charge in [0.15, 0.2) is 0 Å². The van der Waals surface area contributed by atoms with Gasteiger partial charge in [0.1, 0.15) is 5.76 Å². The fourth-order valence-corrected chi connectivity index (χ4v) is 4.13. The number of aryl methyl sites for hydroxylation is 1. The van der Waals surface area contributed by atoms with E-state index in [-0.39, 0.29) is 18.0 Å². The van der Waals surface area contributed by atoms with E-state index in [0.717, 1.165) is 5.56 Å². The average molecular weight is 374 g/mol. The van der Waals surface area contributed by atoms with Gasteiger partial charge in [-0.3, -0.25) is 0 Å². The molecule has 0 amide bonds. The number of rotatable bonds is 5. The van der Waals surface area contributed by atoms with Crippen molar-refractivity contribution in [2.45, 2.75) is 25.0 Å². The number of aliphatic hydroxyl groups excluding tert-OH is 1. The van der Waals surface area contributed by atoms with Crippen molar-refractivity contribution in [2.75, 3.05) is 7.05 Å². The molecule has 0 spiro atoms. The van der Waals surface area contributed by atoms with Gasteiger partial charge in [-0.15, -0.1) is 0 Å². The van der Waals surface area contributed by atoms with Crippen molar-refractivity contribution in [2.24, 2.45) is 0 Å². The maximum Gasteiger partial charge on any atom is 0.244 e. The molecule has 0 aliphatic heterocycles. The Morgan fingerprint density at radius 2 is 2.10 bits per heavy atom. The van der Waals surface area contributed by atoms with Gasteiger partial charge in [0.2, 0.25) is 10.0 Å². The van der Waals surface area contributed by atoms with Crippen LogP contribution in [0, 0.1) is 6.92 Å². The third-order valence-electron chi connectivity index (χ3n) is 3.11. The Morgan fingerprint density at radius 3 is 2.67 bits per heavy atom. The number of hydrogen-bond donors (Lipinski definition) is 1. The molecule has 5 nitrogen and oxygen atoms in total. The molecule has 0 unspecified atom stereocenters. The molecular weight excluding hydrogens is 358 g/mol. The van der Waals surface area contributed by atoms with E-state index in [4.69, 9.17) is 4.42 Å². The van der Waals surface area contributed by atoms with Crippen molar-refractivity contribution in [3.63, 3.8) is 0 Å². The number of hydrogen-bond acceptors (Lipinski definition) is 4. The molecule has 21 heavy (non-hydrogen) atoms. The van der Waals surface area contributed by atoms with Gasteiger partial charge in [0.25, 0.3) is 0 Å². The fraction of sp³-hybridized carbons (Fsp3) is 0.286. The topological polar surface area (TPSA) is 70.8 Å². The Balaban J connectivity index is 2.41. The summed E-state index contributed by atoms with van der Waals surface area (Å²) in [5.41, 5.74) is 1.31. The summed E-state index contributed by atoms with van der Waals surface area (Å²) in [6.07, 6.45) is 1.50. The fourth-order valence-electron chi connectivity index (χ4n) is 1.96. The van der Waals surface area contributed by atoms with Crippen molar-refractivity contribution >= 4 is 26.0 Å². The number of furan rings is 1. The smallest absolute Gasteiger partial charge is 0.244 e. The Labute approximate surface area is 132 Å². The highest BCUT2D eigenvalue weighted by Crippen LogP contribution is 2.29. The van der Waals surface area contributed by atoms with E-state index >= 15 is 0 Å². The zero-order chi connectivity index (χ0) is 15.6.